The zero-order valence-corrected chi connectivity index (χ0v) is 9.36. The first-order chi connectivity index (χ1) is 7.74. The minimum absolute atomic E-state index is 0.0215. The number of aryl methyl sites for hydroxylation is 1. The molecular formula is C12H15N3O. The van der Waals surface area contributed by atoms with E-state index < -0.39 is 0 Å². The van der Waals surface area contributed by atoms with Crippen LogP contribution < -0.4 is 5.56 Å². The van der Waals surface area contributed by atoms with Crippen LogP contribution in [-0.2, 0) is 0 Å². The summed E-state index contributed by atoms with van der Waals surface area (Å²) in [6, 6.07) is 3.57. The molecule has 1 aliphatic rings. The number of hydrogen-bond donors (Lipinski definition) is 1. The van der Waals surface area contributed by atoms with Crippen molar-refractivity contribution in [1.29, 1.82) is 0 Å². The molecule has 3 rings (SSSR count). The number of aromatic amines is 1. The molecule has 2 aromatic rings. The molecule has 1 N–H and O–H groups in total. The van der Waals surface area contributed by atoms with Gasteiger partial charge in [-0.05, 0) is 31.4 Å². The molecule has 0 atom stereocenters. The average Bonchev–Trinajstić information content (AvgIpc) is 2.82. The molecule has 0 aromatic carbocycles. The maximum absolute atomic E-state index is 11.7. The molecule has 0 bridgehead atoms. The maximum Gasteiger partial charge on any atom is 0.271 e. The van der Waals surface area contributed by atoms with Gasteiger partial charge in [0.25, 0.3) is 5.56 Å². The lowest BCUT2D eigenvalue weighted by Crippen LogP contribution is -2.13. The molecule has 84 valence electrons. The molecule has 1 fully saturated rings. The van der Waals surface area contributed by atoms with Gasteiger partial charge in [0.2, 0.25) is 0 Å². The van der Waals surface area contributed by atoms with Gasteiger partial charge in [-0.15, -0.1) is 0 Å². The van der Waals surface area contributed by atoms with Crippen LogP contribution in [0.15, 0.2) is 16.9 Å². The van der Waals surface area contributed by atoms with Crippen LogP contribution in [0.5, 0.6) is 0 Å². The van der Waals surface area contributed by atoms with E-state index in [0.29, 0.717) is 5.92 Å². The number of pyridine rings is 1. The number of nitrogens with zero attached hydrogens (tertiary/aromatic N) is 2. The highest BCUT2D eigenvalue weighted by Gasteiger charge is 2.20. The van der Waals surface area contributed by atoms with E-state index in [1.54, 1.807) is 10.6 Å². The average molecular weight is 217 g/mol. The van der Waals surface area contributed by atoms with Crippen LogP contribution >= 0.6 is 0 Å². The highest BCUT2D eigenvalue weighted by atomic mass is 16.1. The van der Waals surface area contributed by atoms with Crippen LogP contribution in [0.1, 0.15) is 43.0 Å². The molecule has 0 amide bonds. The number of aromatic nitrogens is 3. The zero-order chi connectivity index (χ0) is 11.1. The van der Waals surface area contributed by atoms with Crippen molar-refractivity contribution in [3.05, 3.63) is 33.9 Å². The Kier molecular flexibility index (Phi) is 2.09. The van der Waals surface area contributed by atoms with Gasteiger partial charge in [-0.25, -0.2) is 9.50 Å². The van der Waals surface area contributed by atoms with Crippen molar-refractivity contribution in [3.63, 3.8) is 0 Å². The van der Waals surface area contributed by atoms with E-state index in [1.807, 2.05) is 13.0 Å². The lowest BCUT2D eigenvalue weighted by atomic mass is 10.1. The van der Waals surface area contributed by atoms with Crippen molar-refractivity contribution < 1.29 is 0 Å². The van der Waals surface area contributed by atoms with Crippen molar-refractivity contribution >= 4 is 5.65 Å². The summed E-state index contributed by atoms with van der Waals surface area (Å²) >= 11 is 0. The van der Waals surface area contributed by atoms with Crippen molar-refractivity contribution in [2.45, 2.75) is 38.5 Å². The van der Waals surface area contributed by atoms with Crippen LogP contribution in [0.4, 0.5) is 0 Å². The fraction of sp³-hybridized carbons (Fsp3) is 0.500. The van der Waals surface area contributed by atoms with Gasteiger partial charge < -0.3 is 0 Å². The molecule has 0 saturated heterocycles. The second-order valence-corrected chi connectivity index (χ2v) is 4.65. The molecule has 1 aliphatic carbocycles. The third kappa shape index (κ3) is 1.45. The standard InChI is InChI=1S/C12H15N3O/c1-8-6-10-13-12(9-4-2-3-5-9)14-15(10)11(16)7-8/h6-7,9H,2-5H2,1H3,(H,13,14). The largest absolute Gasteiger partial charge is 0.276 e. The van der Waals surface area contributed by atoms with Gasteiger partial charge in [-0.1, -0.05) is 12.8 Å². The van der Waals surface area contributed by atoms with E-state index in [9.17, 15) is 4.79 Å². The quantitative estimate of drug-likeness (QED) is 0.794. The lowest BCUT2D eigenvalue weighted by molar-refractivity contribution is 0.664. The molecule has 0 unspecified atom stereocenters. The Morgan fingerprint density at radius 2 is 2.12 bits per heavy atom. The minimum Gasteiger partial charge on any atom is -0.276 e. The summed E-state index contributed by atoms with van der Waals surface area (Å²) in [6.45, 7) is 1.92. The van der Waals surface area contributed by atoms with E-state index in [4.69, 9.17) is 0 Å². The van der Waals surface area contributed by atoms with E-state index in [1.165, 1.54) is 25.7 Å². The summed E-state index contributed by atoms with van der Waals surface area (Å²) in [4.78, 5) is 16.2. The van der Waals surface area contributed by atoms with E-state index in [0.717, 1.165) is 17.0 Å². The summed E-state index contributed by atoms with van der Waals surface area (Å²) in [6.07, 6.45) is 4.92. The van der Waals surface area contributed by atoms with Crippen LogP contribution in [0.25, 0.3) is 5.65 Å². The normalized spacial score (nSPS) is 17.3. The summed E-state index contributed by atoms with van der Waals surface area (Å²) in [7, 11) is 0. The van der Waals surface area contributed by atoms with Gasteiger partial charge in [-0.2, -0.15) is 0 Å². The van der Waals surface area contributed by atoms with Crippen LogP contribution in [-0.4, -0.2) is 14.6 Å². The van der Waals surface area contributed by atoms with Crippen molar-refractivity contribution in [3.8, 4) is 0 Å². The van der Waals surface area contributed by atoms with Gasteiger partial charge >= 0.3 is 0 Å². The first-order valence-electron chi connectivity index (χ1n) is 5.83. The molecule has 4 nitrogen and oxygen atoms in total. The first kappa shape index (κ1) is 9.63. The zero-order valence-electron chi connectivity index (χ0n) is 9.36. The van der Waals surface area contributed by atoms with E-state index in [-0.39, 0.29) is 5.56 Å². The van der Waals surface area contributed by atoms with Crippen LogP contribution in [0.3, 0.4) is 0 Å². The van der Waals surface area contributed by atoms with Gasteiger partial charge in [0, 0.05) is 12.0 Å². The lowest BCUT2D eigenvalue weighted by Gasteiger charge is -2.01. The molecule has 2 heterocycles. The Bertz CT molecular complexity index is 575. The molecule has 16 heavy (non-hydrogen) atoms. The Labute approximate surface area is 93.3 Å². The number of hydrogen-bond acceptors (Lipinski definition) is 2. The van der Waals surface area contributed by atoms with Gasteiger partial charge in [0.05, 0.1) is 0 Å². The molecule has 0 aliphatic heterocycles. The first-order valence-corrected chi connectivity index (χ1v) is 5.83. The van der Waals surface area contributed by atoms with Gasteiger partial charge in [-0.3, -0.25) is 9.89 Å². The van der Waals surface area contributed by atoms with Crippen LogP contribution in [0.2, 0.25) is 0 Å². The Balaban J connectivity index is 2.15. The smallest absolute Gasteiger partial charge is 0.271 e. The van der Waals surface area contributed by atoms with E-state index in [2.05, 4.69) is 10.1 Å². The fourth-order valence-corrected chi connectivity index (χ4v) is 2.52. The number of fused-ring (bicyclic) bond motifs is 1. The third-order valence-corrected chi connectivity index (χ3v) is 3.36. The Morgan fingerprint density at radius 1 is 1.38 bits per heavy atom. The monoisotopic (exact) mass is 217 g/mol. The molecule has 1 saturated carbocycles. The topological polar surface area (TPSA) is 50.2 Å². The minimum atomic E-state index is -0.0215. The molecular weight excluding hydrogens is 202 g/mol. The predicted molar refractivity (Wildman–Crippen MR) is 61.8 cm³/mol. The number of nitrogens with one attached hydrogen (secondary N) is 1. The summed E-state index contributed by atoms with van der Waals surface area (Å²) < 4.78 is 1.54. The molecule has 0 spiro atoms. The van der Waals surface area contributed by atoms with Crippen molar-refractivity contribution in [2.24, 2.45) is 0 Å². The summed E-state index contributed by atoms with van der Waals surface area (Å²) in [5.41, 5.74) is 1.69. The highest BCUT2D eigenvalue weighted by molar-refractivity contribution is 5.40. The molecule has 0 radical (unpaired) electrons. The number of H-pyrrole nitrogens is 1. The summed E-state index contributed by atoms with van der Waals surface area (Å²) in [5, 5.41) is 3.13. The van der Waals surface area contributed by atoms with Crippen molar-refractivity contribution in [1.82, 2.24) is 14.6 Å². The number of rotatable bonds is 1. The maximum atomic E-state index is 11.7. The highest BCUT2D eigenvalue weighted by Crippen LogP contribution is 2.32. The second kappa shape index (κ2) is 3.47. The van der Waals surface area contributed by atoms with Crippen LogP contribution in [0, 0.1) is 6.92 Å². The molecule has 4 heteroatoms. The summed E-state index contributed by atoms with van der Waals surface area (Å²) in [5.74, 6) is 1.49. The van der Waals surface area contributed by atoms with Gasteiger partial charge in [0.1, 0.15) is 5.82 Å². The van der Waals surface area contributed by atoms with Crippen molar-refractivity contribution in [2.75, 3.05) is 0 Å². The van der Waals surface area contributed by atoms with Gasteiger partial charge in [0.15, 0.2) is 5.65 Å². The second-order valence-electron chi connectivity index (χ2n) is 4.65. The SMILES string of the molecule is Cc1cc(=O)n2[nH]c(C3CCCC3)nc2c1. The fourth-order valence-electron chi connectivity index (χ4n) is 2.52. The van der Waals surface area contributed by atoms with E-state index >= 15 is 0 Å². The third-order valence-electron chi connectivity index (χ3n) is 3.36. The Hall–Kier alpha value is -1.58. The Morgan fingerprint density at radius 3 is 2.88 bits per heavy atom. The molecule has 2 aromatic heterocycles. The predicted octanol–water partition coefficient (Wildman–Crippen LogP) is 1.99.